The first-order chi connectivity index (χ1) is 6.95. The van der Waals surface area contributed by atoms with Crippen LogP contribution in [0, 0.1) is 17.3 Å². The zero-order valence-electron chi connectivity index (χ0n) is 10.1. The van der Waals surface area contributed by atoms with Crippen LogP contribution in [-0.4, -0.2) is 5.97 Å². The quantitative estimate of drug-likeness (QED) is 0.515. The van der Waals surface area contributed by atoms with Gasteiger partial charge in [0.1, 0.15) is 0 Å². The van der Waals surface area contributed by atoms with Gasteiger partial charge < -0.3 is 4.74 Å². The summed E-state index contributed by atoms with van der Waals surface area (Å²) in [6, 6.07) is 0. The van der Waals surface area contributed by atoms with Gasteiger partial charge in [0.15, 0.2) is 0 Å². The third-order valence-electron chi connectivity index (χ3n) is 3.48. The summed E-state index contributed by atoms with van der Waals surface area (Å²) in [7, 11) is 0. The molecule has 0 aromatic rings. The van der Waals surface area contributed by atoms with Crippen LogP contribution in [0.15, 0.2) is 12.8 Å². The van der Waals surface area contributed by atoms with Crippen LogP contribution in [0.5, 0.6) is 0 Å². The molecule has 0 radical (unpaired) electrons. The molecule has 2 heteroatoms. The number of carbonyl (C=O) groups excluding carboxylic acids is 1. The lowest BCUT2D eigenvalue weighted by atomic mass is 9.70. The molecule has 86 valence electrons. The van der Waals surface area contributed by atoms with Gasteiger partial charge in [0.25, 0.3) is 0 Å². The van der Waals surface area contributed by atoms with Gasteiger partial charge in [0.05, 0.1) is 12.2 Å². The van der Waals surface area contributed by atoms with E-state index in [0.717, 1.165) is 31.6 Å². The van der Waals surface area contributed by atoms with Gasteiger partial charge in [0, 0.05) is 0 Å². The van der Waals surface area contributed by atoms with Gasteiger partial charge in [-0.15, -0.1) is 0 Å². The summed E-state index contributed by atoms with van der Waals surface area (Å²) in [5.41, 5.74) is 0.368. The lowest BCUT2D eigenvalue weighted by Gasteiger charge is -2.36. The van der Waals surface area contributed by atoms with Gasteiger partial charge >= 0.3 is 5.97 Å². The summed E-state index contributed by atoms with van der Waals surface area (Å²) >= 11 is 0. The maximum absolute atomic E-state index is 11.5. The fraction of sp³-hybridized carbons (Fsp3) is 0.769. The van der Waals surface area contributed by atoms with Crippen LogP contribution in [0.2, 0.25) is 0 Å². The number of esters is 1. The summed E-state index contributed by atoms with van der Waals surface area (Å²) < 4.78 is 4.83. The van der Waals surface area contributed by atoms with E-state index in [1.54, 1.807) is 0 Å². The molecule has 0 heterocycles. The van der Waals surface area contributed by atoms with Crippen molar-refractivity contribution in [2.75, 3.05) is 0 Å². The Bertz CT molecular complexity index is 229. The molecule has 15 heavy (non-hydrogen) atoms. The SMILES string of the molecule is C=COC(=O)C1CCC(C(C)(C)C)CC1. The molecule has 1 fully saturated rings. The van der Waals surface area contributed by atoms with Crippen molar-refractivity contribution >= 4 is 5.97 Å². The van der Waals surface area contributed by atoms with E-state index >= 15 is 0 Å². The number of carbonyl (C=O) groups is 1. The second kappa shape index (κ2) is 4.82. The van der Waals surface area contributed by atoms with Crippen LogP contribution >= 0.6 is 0 Å². The number of ether oxygens (including phenoxy) is 1. The van der Waals surface area contributed by atoms with Crippen LogP contribution in [0.25, 0.3) is 0 Å². The molecule has 2 nitrogen and oxygen atoms in total. The van der Waals surface area contributed by atoms with E-state index < -0.39 is 0 Å². The summed E-state index contributed by atoms with van der Waals surface area (Å²) in [6.45, 7) is 10.2. The van der Waals surface area contributed by atoms with Crippen molar-refractivity contribution < 1.29 is 9.53 Å². The maximum atomic E-state index is 11.5. The summed E-state index contributed by atoms with van der Waals surface area (Å²) in [6.07, 6.45) is 5.45. The minimum Gasteiger partial charge on any atom is -0.435 e. The standard InChI is InChI=1S/C13H22O2/c1-5-15-12(14)10-6-8-11(9-7-10)13(2,3)4/h5,10-11H,1,6-9H2,2-4H3. The molecule has 0 bridgehead atoms. The van der Waals surface area contributed by atoms with Crippen molar-refractivity contribution in [2.45, 2.75) is 46.5 Å². The highest BCUT2D eigenvalue weighted by atomic mass is 16.5. The molecule has 1 aliphatic carbocycles. The molecule has 1 rings (SSSR count). The van der Waals surface area contributed by atoms with Crippen molar-refractivity contribution in [3.8, 4) is 0 Å². The molecule has 0 aromatic carbocycles. The van der Waals surface area contributed by atoms with Crippen LogP contribution in [0.3, 0.4) is 0 Å². The molecule has 0 aliphatic heterocycles. The van der Waals surface area contributed by atoms with Crippen molar-refractivity contribution in [1.82, 2.24) is 0 Å². The Morgan fingerprint density at radius 1 is 1.27 bits per heavy atom. The third kappa shape index (κ3) is 3.37. The molecular formula is C13H22O2. The smallest absolute Gasteiger partial charge is 0.313 e. The monoisotopic (exact) mass is 210 g/mol. The van der Waals surface area contributed by atoms with E-state index in [4.69, 9.17) is 4.74 Å². The maximum Gasteiger partial charge on any atom is 0.313 e. The number of hydrogen-bond donors (Lipinski definition) is 0. The number of hydrogen-bond acceptors (Lipinski definition) is 2. The minimum absolute atomic E-state index is 0.0987. The molecule has 1 saturated carbocycles. The van der Waals surface area contributed by atoms with Gasteiger partial charge in [0.2, 0.25) is 0 Å². The average Bonchev–Trinajstić information content (AvgIpc) is 2.17. The molecule has 0 spiro atoms. The molecule has 0 N–H and O–H groups in total. The molecule has 0 saturated heterocycles. The van der Waals surface area contributed by atoms with E-state index in [-0.39, 0.29) is 11.9 Å². The van der Waals surface area contributed by atoms with Crippen LogP contribution in [0.1, 0.15) is 46.5 Å². The average molecular weight is 210 g/mol. The Morgan fingerprint density at radius 3 is 2.20 bits per heavy atom. The Balaban J connectivity index is 2.42. The van der Waals surface area contributed by atoms with Gasteiger partial charge in [-0.3, -0.25) is 4.79 Å². The summed E-state index contributed by atoms with van der Waals surface area (Å²) in [5, 5.41) is 0. The predicted molar refractivity (Wildman–Crippen MR) is 61.2 cm³/mol. The Kier molecular flexibility index (Phi) is 3.95. The highest BCUT2D eigenvalue weighted by Crippen LogP contribution is 2.39. The summed E-state index contributed by atoms with van der Waals surface area (Å²) in [5.74, 6) is 0.740. The first-order valence-electron chi connectivity index (χ1n) is 5.76. The lowest BCUT2D eigenvalue weighted by Crippen LogP contribution is -2.29. The van der Waals surface area contributed by atoms with Gasteiger partial charge in [-0.25, -0.2) is 0 Å². The van der Waals surface area contributed by atoms with Crippen LogP contribution in [0.4, 0.5) is 0 Å². The summed E-state index contributed by atoms with van der Waals surface area (Å²) in [4.78, 5) is 11.5. The molecule has 0 unspecified atom stereocenters. The molecule has 0 aromatic heterocycles. The van der Waals surface area contributed by atoms with Crippen molar-refractivity contribution in [3.63, 3.8) is 0 Å². The fourth-order valence-electron chi connectivity index (χ4n) is 2.37. The van der Waals surface area contributed by atoms with E-state index in [2.05, 4.69) is 27.4 Å². The van der Waals surface area contributed by atoms with Crippen molar-refractivity contribution in [3.05, 3.63) is 12.8 Å². The van der Waals surface area contributed by atoms with E-state index in [1.165, 1.54) is 6.26 Å². The molecule has 0 amide bonds. The highest BCUT2D eigenvalue weighted by molar-refractivity contribution is 5.73. The minimum atomic E-state index is -0.0997. The van der Waals surface area contributed by atoms with E-state index in [9.17, 15) is 4.79 Å². The largest absolute Gasteiger partial charge is 0.435 e. The molecular weight excluding hydrogens is 188 g/mol. The van der Waals surface area contributed by atoms with Gasteiger partial charge in [-0.2, -0.15) is 0 Å². The topological polar surface area (TPSA) is 26.3 Å². The highest BCUT2D eigenvalue weighted by Gasteiger charge is 2.32. The first kappa shape index (κ1) is 12.3. The normalized spacial score (nSPS) is 27.1. The molecule has 0 atom stereocenters. The van der Waals surface area contributed by atoms with Crippen molar-refractivity contribution in [2.24, 2.45) is 17.3 Å². The first-order valence-corrected chi connectivity index (χ1v) is 5.76. The Morgan fingerprint density at radius 2 is 1.80 bits per heavy atom. The third-order valence-corrected chi connectivity index (χ3v) is 3.48. The zero-order chi connectivity index (χ0) is 11.5. The van der Waals surface area contributed by atoms with Crippen molar-refractivity contribution in [1.29, 1.82) is 0 Å². The number of rotatable bonds is 2. The van der Waals surface area contributed by atoms with E-state index in [1.807, 2.05) is 0 Å². The van der Waals surface area contributed by atoms with E-state index in [0.29, 0.717) is 5.41 Å². The fourth-order valence-corrected chi connectivity index (χ4v) is 2.37. The zero-order valence-corrected chi connectivity index (χ0v) is 10.1. The van der Waals surface area contributed by atoms with Gasteiger partial charge in [-0.05, 0) is 37.0 Å². The predicted octanol–water partition coefficient (Wildman–Crippen LogP) is 3.53. The second-order valence-corrected chi connectivity index (χ2v) is 5.52. The molecule has 1 aliphatic rings. The van der Waals surface area contributed by atoms with Crippen LogP contribution in [-0.2, 0) is 9.53 Å². The Labute approximate surface area is 92.7 Å². The van der Waals surface area contributed by atoms with Crippen LogP contribution < -0.4 is 0 Å². The second-order valence-electron chi connectivity index (χ2n) is 5.52. The lowest BCUT2D eigenvalue weighted by molar-refractivity contribution is -0.144. The van der Waals surface area contributed by atoms with Gasteiger partial charge in [-0.1, -0.05) is 27.4 Å². The Hall–Kier alpha value is -0.790.